The van der Waals surface area contributed by atoms with Crippen LogP contribution < -0.4 is 5.32 Å². The Morgan fingerprint density at radius 3 is 2.82 bits per heavy atom. The van der Waals surface area contributed by atoms with E-state index in [2.05, 4.69) is 15.3 Å². The van der Waals surface area contributed by atoms with E-state index in [-0.39, 0.29) is 5.91 Å². The zero-order valence-electron chi connectivity index (χ0n) is 10.1. The average molecular weight is 234 g/mol. The van der Waals surface area contributed by atoms with Gasteiger partial charge in [0.2, 0.25) is 5.91 Å². The number of carbonyl (C=O) groups excluding carboxylic acids is 1. The molecular weight excluding hydrogens is 216 g/mol. The van der Waals surface area contributed by atoms with Crippen LogP contribution in [0.2, 0.25) is 0 Å². The molecule has 1 aliphatic heterocycles. The number of likely N-dealkylation sites (tertiary alicyclic amines) is 1. The molecule has 92 valence electrons. The van der Waals surface area contributed by atoms with Crippen LogP contribution in [-0.4, -0.2) is 40.4 Å². The van der Waals surface area contributed by atoms with E-state index in [0.29, 0.717) is 5.92 Å². The van der Waals surface area contributed by atoms with Gasteiger partial charge in [-0.15, -0.1) is 0 Å². The normalized spacial score (nSPS) is 16.9. The largest absolute Gasteiger partial charge is 0.369 e. The molecule has 1 N–H and O–H groups in total. The Morgan fingerprint density at radius 1 is 1.47 bits per heavy atom. The molecule has 0 saturated carbocycles. The van der Waals surface area contributed by atoms with E-state index in [1.54, 1.807) is 25.5 Å². The average Bonchev–Trinajstić information content (AvgIpc) is 2.38. The first kappa shape index (κ1) is 11.8. The molecule has 0 aromatic carbocycles. The molecule has 0 spiro atoms. The Balaban J connectivity index is 1.74. The van der Waals surface area contributed by atoms with Crippen LogP contribution in [0.1, 0.15) is 19.8 Å². The molecule has 1 aromatic rings. The van der Waals surface area contributed by atoms with Crippen molar-refractivity contribution in [3.63, 3.8) is 0 Å². The lowest BCUT2D eigenvalue weighted by atomic mass is 9.97. The third-order valence-corrected chi connectivity index (χ3v) is 3.19. The summed E-state index contributed by atoms with van der Waals surface area (Å²) in [5, 5.41) is 3.28. The first-order valence-corrected chi connectivity index (χ1v) is 6.01. The fourth-order valence-corrected chi connectivity index (χ4v) is 2.09. The lowest BCUT2D eigenvalue weighted by Crippen LogP contribution is -2.38. The van der Waals surface area contributed by atoms with Crippen molar-refractivity contribution in [3.05, 3.63) is 18.6 Å². The molecule has 5 nitrogen and oxygen atoms in total. The highest BCUT2D eigenvalue weighted by molar-refractivity contribution is 5.73. The molecule has 2 heterocycles. The maximum Gasteiger partial charge on any atom is 0.219 e. The summed E-state index contributed by atoms with van der Waals surface area (Å²) in [6.07, 6.45) is 7.20. The van der Waals surface area contributed by atoms with Crippen molar-refractivity contribution in [2.24, 2.45) is 5.92 Å². The smallest absolute Gasteiger partial charge is 0.219 e. The van der Waals surface area contributed by atoms with E-state index >= 15 is 0 Å². The third-order valence-electron chi connectivity index (χ3n) is 3.19. The van der Waals surface area contributed by atoms with Crippen molar-refractivity contribution in [2.75, 3.05) is 25.0 Å². The van der Waals surface area contributed by atoms with Gasteiger partial charge >= 0.3 is 0 Å². The summed E-state index contributed by atoms with van der Waals surface area (Å²) < 4.78 is 0. The van der Waals surface area contributed by atoms with Gasteiger partial charge in [-0.2, -0.15) is 0 Å². The Hall–Kier alpha value is -1.65. The standard InChI is InChI=1S/C12H18N4O/c1-10(17)16-6-2-11(3-7-16)8-15-12-9-13-4-5-14-12/h4-5,9,11H,2-3,6-8H2,1H3,(H,14,15). The first-order valence-electron chi connectivity index (χ1n) is 6.01. The fraction of sp³-hybridized carbons (Fsp3) is 0.583. The van der Waals surface area contributed by atoms with Gasteiger partial charge in [-0.25, -0.2) is 4.98 Å². The molecule has 0 bridgehead atoms. The summed E-state index contributed by atoms with van der Waals surface area (Å²) in [6.45, 7) is 4.30. The Bertz CT molecular complexity index is 360. The number of anilines is 1. The topological polar surface area (TPSA) is 58.1 Å². The summed E-state index contributed by atoms with van der Waals surface area (Å²) in [4.78, 5) is 21.3. The van der Waals surface area contributed by atoms with Crippen molar-refractivity contribution < 1.29 is 4.79 Å². The van der Waals surface area contributed by atoms with E-state index in [0.717, 1.165) is 38.3 Å². The molecule has 0 unspecified atom stereocenters. The molecule has 0 atom stereocenters. The second kappa shape index (κ2) is 5.61. The number of carbonyl (C=O) groups is 1. The molecular formula is C12H18N4O. The number of amides is 1. The Labute approximate surface area is 101 Å². The third kappa shape index (κ3) is 3.41. The summed E-state index contributed by atoms with van der Waals surface area (Å²) in [6, 6.07) is 0. The number of aromatic nitrogens is 2. The van der Waals surface area contributed by atoms with Crippen molar-refractivity contribution >= 4 is 11.7 Å². The monoisotopic (exact) mass is 234 g/mol. The van der Waals surface area contributed by atoms with Gasteiger partial charge in [0, 0.05) is 39.0 Å². The highest BCUT2D eigenvalue weighted by Crippen LogP contribution is 2.17. The maximum atomic E-state index is 11.2. The predicted octanol–water partition coefficient (Wildman–Crippen LogP) is 1.15. The van der Waals surface area contributed by atoms with Gasteiger partial charge in [-0.1, -0.05) is 0 Å². The Morgan fingerprint density at radius 2 is 2.24 bits per heavy atom. The highest BCUT2D eigenvalue weighted by atomic mass is 16.2. The molecule has 1 saturated heterocycles. The van der Waals surface area contributed by atoms with E-state index in [1.807, 2.05) is 4.90 Å². The van der Waals surface area contributed by atoms with Gasteiger partial charge in [-0.3, -0.25) is 9.78 Å². The SMILES string of the molecule is CC(=O)N1CCC(CNc2cnccn2)CC1. The van der Waals surface area contributed by atoms with Gasteiger partial charge in [0.1, 0.15) is 5.82 Å². The molecule has 2 rings (SSSR count). The van der Waals surface area contributed by atoms with Crippen LogP contribution in [0, 0.1) is 5.92 Å². The quantitative estimate of drug-likeness (QED) is 0.852. The van der Waals surface area contributed by atoms with Crippen molar-refractivity contribution in [1.29, 1.82) is 0 Å². The number of hydrogen-bond donors (Lipinski definition) is 1. The van der Waals surface area contributed by atoms with Gasteiger partial charge in [0.05, 0.1) is 6.20 Å². The van der Waals surface area contributed by atoms with Gasteiger partial charge in [0.15, 0.2) is 0 Å². The van der Waals surface area contributed by atoms with Crippen LogP contribution in [0.5, 0.6) is 0 Å². The van der Waals surface area contributed by atoms with E-state index in [1.165, 1.54) is 0 Å². The number of nitrogens with one attached hydrogen (secondary N) is 1. The highest BCUT2D eigenvalue weighted by Gasteiger charge is 2.20. The van der Waals surface area contributed by atoms with Crippen molar-refractivity contribution in [2.45, 2.75) is 19.8 Å². The van der Waals surface area contributed by atoms with E-state index < -0.39 is 0 Å². The van der Waals surface area contributed by atoms with Crippen LogP contribution in [0.15, 0.2) is 18.6 Å². The summed E-state index contributed by atoms with van der Waals surface area (Å²) in [5.74, 6) is 1.62. The van der Waals surface area contributed by atoms with Crippen LogP contribution >= 0.6 is 0 Å². The number of hydrogen-bond acceptors (Lipinski definition) is 4. The number of rotatable bonds is 3. The van der Waals surface area contributed by atoms with Crippen molar-refractivity contribution in [3.8, 4) is 0 Å². The van der Waals surface area contributed by atoms with E-state index in [9.17, 15) is 4.79 Å². The second-order valence-corrected chi connectivity index (χ2v) is 4.42. The molecule has 1 aliphatic rings. The molecule has 0 radical (unpaired) electrons. The molecule has 5 heteroatoms. The van der Waals surface area contributed by atoms with E-state index in [4.69, 9.17) is 0 Å². The zero-order chi connectivity index (χ0) is 12.1. The summed E-state index contributed by atoms with van der Waals surface area (Å²) in [5.41, 5.74) is 0. The molecule has 1 fully saturated rings. The minimum absolute atomic E-state index is 0.185. The molecule has 1 aromatic heterocycles. The minimum Gasteiger partial charge on any atom is -0.369 e. The zero-order valence-corrected chi connectivity index (χ0v) is 10.1. The predicted molar refractivity (Wildman–Crippen MR) is 65.5 cm³/mol. The lowest BCUT2D eigenvalue weighted by molar-refractivity contribution is -0.130. The second-order valence-electron chi connectivity index (χ2n) is 4.42. The van der Waals surface area contributed by atoms with Gasteiger partial charge < -0.3 is 10.2 Å². The van der Waals surface area contributed by atoms with Crippen LogP contribution in [0.25, 0.3) is 0 Å². The molecule has 0 aliphatic carbocycles. The van der Waals surface area contributed by atoms with Crippen LogP contribution in [-0.2, 0) is 4.79 Å². The fourth-order valence-electron chi connectivity index (χ4n) is 2.09. The Kier molecular flexibility index (Phi) is 3.90. The number of nitrogens with zero attached hydrogens (tertiary/aromatic N) is 3. The molecule has 17 heavy (non-hydrogen) atoms. The van der Waals surface area contributed by atoms with Crippen molar-refractivity contribution in [1.82, 2.24) is 14.9 Å². The lowest BCUT2D eigenvalue weighted by Gasteiger charge is -2.31. The summed E-state index contributed by atoms with van der Waals surface area (Å²) in [7, 11) is 0. The molecule has 1 amide bonds. The van der Waals surface area contributed by atoms with Gasteiger partial charge in [-0.05, 0) is 18.8 Å². The summed E-state index contributed by atoms with van der Waals surface area (Å²) >= 11 is 0. The number of piperidine rings is 1. The maximum absolute atomic E-state index is 11.2. The van der Waals surface area contributed by atoms with Gasteiger partial charge in [0.25, 0.3) is 0 Å². The van der Waals surface area contributed by atoms with Crippen LogP contribution in [0.4, 0.5) is 5.82 Å². The first-order chi connectivity index (χ1) is 8.25. The van der Waals surface area contributed by atoms with Crippen LogP contribution in [0.3, 0.4) is 0 Å². The minimum atomic E-state index is 0.185.